The number of Topliss-reactive ketones (excluding diaryl/α,β-unsaturated/α-hetero) is 1. The monoisotopic (exact) mass is 223 g/mol. The maximum Gasteiger partial charge on any atom is 0.198 e. The summed E-state index contributed by atoms with van der Waals surface area (Å²) in [6.45, 7) is 7.01. The Morgan fingerprint density at radius 1 is 1.75 bits per heavy atom. The molecule has 0 aliphatic heterocycles. The Kier molecular flexibility index (Phi) is 4.72. The van der Waals surface area contributed by atoms with E-state index in [9.17, 15) is 4.79 Å². The molecular weight excluding hydrogens is 206 g/mol. The lowest BCUT2D eigenvalue weighted by Gasteiger charge is -2.06. The Morgan fingerprint density at radius 2 is 2.50 bits per heavy atom. The van der Waals surface area contributed by atoms with Gasteiger partial charge >= 0.3 is 0 Å². The molecule has 1 N–H and O–H groups in total. The van der Waals surface area contributed by atoms with E-state index < -0.39 is 0 Å². The molecule has 0 spiro atoms. The molecule has 0 saturated heterocycles. The van der Waals surface area contributed by atoms with Crippen LogP contribution in [0.3, 0.4) is 0 Å². The van der Waals surface area contributed by atoms with E-state index >= 15 is 0 Å². The van der Waals surface area contributed by atoms with E-state index in [2.05, 4.69) is 17.0 Å². The highest BCUT2D eigenvalue weighted by atomic mass is 16.5. The average molecular weight is 223 g/mol. The van der Waals surface area contributed by atoms with Gasteiger partial charge in [0, 0.05) is 13.1 Å². The van der Waals surface area contributed by atoms with Crippen LogP contribution in [0.2, 0.25) is 0 Å². The smallest absolute Gasteiger partial charge is 0.198 e. The van der Waals surface area contributed by atoms with E-state index in [1.54, 1.807) is 17.0 Å². The number of nitrogens with zero attached hydrogens (tertiary/aromatic N) is 2. The minimum atomic E-state index is -0.0296. The van der Waals surface area contributed by atoms with Crippen molar-refractivity contribution < 1.29 is 9.53 Å². The van der Waals surface area contributed by atoms with Crippen LogP contribution < -0.4 is 10.1 Å². The van der Waals surface area contributed by atoms with E-state index in [0.717, 1.165) is 0 Å². The third kappa shape index (κ3) is 2.70. The molecule has 1 aromatic rings. The van der Waals surface area contributed by atoms with Gasteiger partial charge in [-0.25, -0.2) is 0 Å². The standard InChI is InChI=1S/C11H17N3O2/c1-4-6-12-7-9(15)11-10(16-3)8-13-14(11)5-2/h4,8,12H,1,5-7H2,2-3H3. The maximum atomic E-state index is 11.9. The predicted molar refractivity (Wildman–Crippen MR) is 61.9 cm³/mol. The summed E-state index contributed by atoms with van der Waals surface area (Å²) in [5.41, 5.74) is 0.515. The van der Waals surface area contributed by atoms with E-state index in [1.165, 1.54) is 7.11 Å². The van der Waals surface area contributed by atoms with Gasteiger partial charge in [0.25, 0.3) is 0 Å². The second-order valence-electron chi connectivity index (χ2n) is 3.22. The van der Waals surface area contributed by atoms with Crippen molar-refractivity contribution in [1.82, 2.24) is 15.1 Å². The van der Waals surface area contributed by atoms with Crippen molar-refractivity contribution in [2.45, 2.75) is 13.5 Å². The number of ketones is 1. The highest BCUT2D eigenvalue weighted by Crippen LogP contribution is 2.17. The number of aryl methyl sites for hydroxylation is 1. The first-order valence-electron chi connectivity index (χ1n) is 5.19. The number of carbonyl (C=O) groups is 1. The molecule has 1 heterocycles. The summed E-state index contributed by atoms with van der Waals surface area (Å²) in [7, 11) is 1.53. The lowest BCUT2D eigenvalue weighted by Crippen LogP contribution is -2.25. The first-order chi connectivity index (χ1) is 7.74. The van der Waals surface area contributed by atoms with Gasteiger partial charge < -0.3 is 10.1 Å². The molecule has 5 nitrogen and oxygen atoms in total. The fourth-order valence-electron chi connectivity index (χ4n) is 1.41. The normalized spacial score (nSPS) is 10.1. The zero-order valence-corrected chi connectivity index (χ0v) is 9.69. The number of ether oxygens (including phenoxy) is 1. The van der Waals surface area contributed by atoms with Gasteiger partial charge in [-0.05, 0) is 6.92 Å². The zero-order valence-electron chi connectivity index (χ0n) is 9.69. The molecule has 0 radical (unpaired) electrons. The van der Waals surface area contributed by atoms with E-state index in [0.29, 0.717) is 24.5 Å². The van der Waals surface area contributed by atoms with Crippen molar-refractivity contribution in [1.29, 1.82) is 0 Å². The molecule has 0 saturated carbocycles. The minimum Gasteiger partial charge on any atom is -0.493 e. The molecule has 1 rings (SSSR count). The van der Waals surface area contributed by atoms with Crippen LogP contribution in [-0.2, 0) is 6.54 Å². The number of nitrogens with one attached hydrogen (secondary N) is 1. The highest BCUT2D eigenvalue weighted by Gasteiger charge is 2.17. The first-order valence-corrected chi connectivity index (χ1v) is 5.19. The molecule has 0 unspecified atom stereocenters. The predicted octanol–water partition coefficient (Wildman–Crippen LogP) is 0.870. The van der Waals surface area contributed by atoms with Gasteiger partial charge in [-0.15, -0.1) is 6.58 Å². The van der Waals surface area contributed by atoms with Gasteiger partial charge in [-0.1, -0.05) is 6.08 Å². The molecule has 0 bridgehead atoms. The fraction of sp³-hybridized carbons (Fsp3) is 0.455. The van der Waals surface area contributed by atoms with Gasteiger partial charge in [0.05, 0.1) is 19.9 Å². The topological polar surface area (TPSA) is 56.1 Å². The van der Waals surface area contributed by atoms with Crippen LogP contribution in [0.1, 0.15) is 17.4 Å². The highest BCUT2D eigenvalue weighted by molar-refractivity contribution is 5.98. The lowest BCUT2D eigenvalue weighted by molar-refractivity contribution is 0.0979. The average Bonchev–Trinajstić information content (AvgIpc) is 2.71. The Balaban J connectivity index is 2.79. The summed E-state index contributed by atoms with van der Waals surface area (Å²) >= 11 is 0. The summed E-state index contributed by atoms with van der Waals surface area (Å²) in [6, 6.07) is 0. The molecule has 0 aliphatic rings. The fourth-order valence-corrected chi connectivity index (χ4v) is 1.41. The number of carbonyl (C=O) groups excluding carboxylic acids is 1. The number of aromatic nitrogens is 2. The molecule has 16 heavy (non-hydrogen) atoms. The van der Waals surface area contributed by atoms with Gasteiger partial charge in [0.2, 0.25) is 0 Å². The van der Waals surface area contributed by atoms with Crippen LogP contribution >= 0.6 is 0 Å². The number of hydrogen-bond acceptors (Lipinski definition) is 4. The van der Waals surface area contributed by atoms with Gasteiger partial charge in [0.15, 0.2) is 11.5 Å². The lowest BCUT2D eigenvalue weighted by atomic mass is 10.2. The Morgan fingerprint density at radius 3 is 3.06 bits per heavy atom. The van der Waals surface area contributed by atoms with Crippen LogP contribution in [0.25, 0.3) is 0 Å². The number of methoxy groups -OCH3 is 1. The third-order valence-corrected chi connectivity index (χ3v) is 2.16. The van der Waals surface area contributed by atoms with Crippen molar-refractivity contribution >= 4 is 5.78 Å². The summed E-state index contributed by atoms with van der Waals surface area (Å²) < 4.78 is 6.74. The Labute approximate surface area is 95.1 Å². The second-order valence-corrected chi connectivity index (χ2v) is 3.22. The van der Waals surface area contributed by atoms with Crippen LogP contribution in [0, 0.1) is 0 Å². The summed E-state index contributed by atoms with van der Waals surface area (Å²) in [5.74, 6) is 0.491. The van der Waals surface area contributed by atoms with Crippen LogP contribution in [0.15, 0.2) is 18.9 Å². The van der Waals surface area contributed by atoms with Crippen molar-refractivity contribution in [2.75, 3.05) is 20.2 Å². The largest absolute Gasteiger partial charge is 0.493 e. The Hall–Kier alpha value is -1.62. The van der Waals surface area contributed by atoms with Crippen LogP contribution in [-0.4, -0.2) is 35.8 Å². The van der Waals surface area contributed by atoms with Crippen molar-refractivity contribution in [3.05, 3.63) is 24.5 Å². The summed E-state index contributed by atoms with van der Waals surface area (Å²) in [4.78, 5) is 11.9. The van der Waals surface area contributed by atoms with Gasteiger partial charge in [-0.2, -0.15) is 5.10 Å². The second kappa shape index (κ2) is 6.07. The van der Waals surface area contributed by atoms with Crippen LogP contribution in [0.5, 0.6) is 5.75 Å². The first kappa shape index (κ1) is 12.4. The molecule has 1 aromatic heterocycles. The van der Waals surface area contributed by atoms with E-state index in [4.69, 9.17) is 4.74 Å². The quantitative estimate of drug-likeness (QED) is 0.423. The zero-order chi connectivity index (χ0) is 12.0. The van der Waals surface area contributed by atoms with E-state index in [-0.39, 0.29) is 12.3 Å². The molecule has 5 heteroatoms. The van der Waals surface area contributed by atoms with Crippen molar-refractivity contribution in [3.63, 3.8) is 0 Å². The van der Waals surface area contributed by atoms with Gasteiger partial charge in [-0.3, -0.25) is 9.48 Å². The molecule has 0 aromatic carbocycles. The summed E-state index contributed by atoms with van der Waals surface area (Å²) in [5, 5.41) is 7.04. The van der Waals surface area contributed by atoms with Gasteiger partial charge in [0.1, 0.15) is 5.69 Å². The molecular formula is C11H17N3O2. The number of hydrogen-bond donors (Lipinski definition) is 1. The third-order valence-electron chi connectivity index (χ3n) is 2.16. The van der Waals surface area contributed by atoms with Crippen molar-refractivity contribution in [3.8, 4) is 5.75 Å². The number of rotatable bonds is 7. The van der Waals surface area contributed by atoms with Crippen molar-refractivity contribution in [2.24, 2.45) is 0 Å². The maximum absolute atomic E-state index is 11.9. The molecule has 0 fully saturated rings. The molecule has 0 aliphatic carbocycles. The summed E-state index contributed by atoms with van der Waals surface area (Å²) in [6.07, 6.45) is 3.27. The minimum absolute atomic E-state index is 0.0296. The molecule has 0 atom stereocenters. The Bertz CT molecular complexity index is 350. The molecule has 88 valence electrons. The SMILES string of the molecule is C=CCNCC(=O)c1c(OC)cnn1CC. The van der Waals surface area contributed by atoms with E-state index in [1.807, 2.05) is 6.92 Å². The van der Waals surface area contributed by atoms with Crippen LogP contribution in [0.4, 0.5) is 0 Å². The molecule has 0 amide bonds.